The Balaban J connectivity index is 2.08. The van der Waals surface area contributed by atoms with Gasteiger partial charge in [0.25, 0.3) is 11.6 Å². The Bertz CT molecular complexity index is 890. The van der Waals surface area contributed by atoms with E-state index in [0.29, 0.717) is 0 Å². The normalized spacial score (nSPS) is 11.5. The minimum Gasteiger partial charge on any atom is -0.449 e. The molecule has 10 heteroatoms. The third-order valence-corrected chi connectivity index (χ3v) is 3.60. The number of nitro groups is 1. The molecule has 1 amide bonds. The van der Waals surface area contributed by atoms with Gasteiger partial charge in [-0.3, -0.25) is 14.9 Å². The van der Waals surface area contributed by atoms with E-state index in [4.69, 9.17) is 22.1 Å². The lowest BCUT2D eigenvalue weighted by Crippen LogP contribution is -2.30. The molecule has 0 fully saturated rings. The van der Waals surface area contributed by atoms with Crippen molar-refractivity contribution in [3.05, 3.63) is 62.9 Å². The summed E-state index contributed by atoms with van der Waals surface area (Å²) in [6.07, 6.45) is -1.25. The molecular formula is C16H13ClFN3O5. The van der Waals surface area contributed by atoms with Crippen LogP contribution >= 0.6 is 11.6 Å². The van der Waals surface area contributed by atoms with Crippen molar-refractivity contribution < 1.29 is 23.6 Å². The second-order valence-electron chi connectivity index (χ2n) is 5.19. The first-order chi connectivity index (χ1) is 12.2. The number of nitrogens with one attached hydrogen (secondary N) is 1. The minimum atomic E-state index is -1.25. The highest BCUT2D eigenvalue weighted by atomic mass is 35.5. The van der Waals surface area contributed by atoms with Crippen molar-refractivity contribution in [3.63, 3.8) is 0 Å². The predicted octanol–water partition coefficient (Wildman–Crippen LogP) is 3.15. The molecule has 2 rings (SSSR count). The molecule has 0 heterocycles. The van der Waals surface area contributed by atoms with Gasteiger partial charge < -0.3 is 15.8 Å². The van der Waals surface area contributed by atoms with Gasteiger partial charge in [0.05, 0.1) is 15.5 Å². The molecule has 0 saturated heterocycles. The van der Waals surface area contributed by atoms with E-state index in [1.54, 1.807) is 0 Å². The summed E-state index contributed by atoms with van der Waals surface area (Å²) in [5, 5.41) is 13.0. The molecule has 0 aliphatic rings. The number of ether oxygens (including phenoxy) is 1. The van der Waals surface area contributed by atoms with E-state index < -0.39 is 28.7 Å². The van der Waals surface area contributed by atoms with Gasteiger partial charge in [0, 0.05) is 23.5 Å². The number of benzene rings is 2. The summed E-state index contributed by atoms with van der Waals surface area (Å²) >= 11 is 5.62. The van der Waals surface area contributed by atoms with Gasteiger partial charge in [0.1, 0.15) is 5.82 Å². The molecular weight excluding hydrogens is 369 g/mol. The average molecular weight is 382 g/mol. The molecule has 2 aromatic carbocycles. The lowest BCUT2D eigenvalue weighted by atomic mass is 10.1. The highest BCUT2D eigenvalue weighted by Crippen LogP contribution is 2.22. The second kappa shape index (κ2) is 7.79. The number of carbonyl (C=O) groups excluding carboxylic acids is 2. The fraction of sp³-hybridized carbons (Fsp3) is 0.125. The van der Waals surface area contributed by atoms with Crippen molar-refractivity contribution in [2.45, 2.75) is 13.0 Å². The Morgan fingerprint density at radius 2 is 2.00 bits per heavy atom. The quantitative estimate of drug-likeness (QED) is 0.355. The van der Waals surface area contributed by atoms with Crippen molar-refractivity contribution in [2.75, 3.05) is 11.1 Å². The number of esters is 1. The van der Waals surface area contributed by atoms with Gasteiger partial charge >= 0.3 is 5.97 Å². The van der Waals surface area contributed by atoms with E-state index in [1.165, 1.54) is 25.1 Å². The highest BCUT2D eigenvalue weighted by Gasteiger charge is 2.22. The number of hydrogen-bond donors (Lipinski definition) is 2. The number of amides is 1. The first-order valence-corrected chi connectivity index (χ1v) is 7.57. The number of non-ortho nitro benzene ring substituents is 1. The number of nitrogens with zero attached hydrogens (tertiary/aromatic N) is 1. The lowest BCUT2D eigenvalue weighted by Gasteiger charge is -2.14. The smallest absolute Gasteiger partial charge is 0.341 e. The molecule has 26 heavy (non-hydrogen) atoms. The molecule has 136 valence electrons. The molecule has 3 N–H and O–H groups in total. The number of carbonyl (C=O) groups is 2. The summed E-state index contributed by atoms with van der Waals surface area (Å²) in [5.74, 6) is -2.35. The van der Waals surface area contributed by atoms with Crippen LogP contribution in [0.15, 0.2) is 36.4 Å². The Kier molecular flexibility index (Phi) is 5.73. The topological polar surface area (TPSA) is 125 Å². The molecule has 0 bridgehead atoms. The van der Waals surface area contributed by atoms with E-state index >= 15 is 0 Å². The predicted molar refractivity (Wildman–Crippen MR) is 92.4 cm³/mol. The fourth-order valence-corrected chi connectivity index (χ4v) is 2.11. The number of rotatable bonds is 5. The van der Waals surface area contributed by atoms with Crippen LogP contribution in [0.3, 0.4) is 0 Å². The van der Waals surface area contributed by atoms with Crippen molar-refractivity contribution in [1.29, 1.82) is 0 Å². The Morgan fingerprint density at radius 3 is 2.62 bits per heavy atom. The first-order valence-electron chi connectivity index (χ1n) is 7.20. The Labute approximate surface area is 151 Å². The fourth-order valence-electron chi connectivity index (χ4n) is 1.93. The Hall–Kier alpha value is -3.20. The van der Waals surface area contributed by atoms with Crippen LogP contribution in [0.5, 0.6) is 0 Å². The number of hydrogen-bond acceptors (Lipinski definition) is 6. The Morgan fingerprint density at radius 1 is 1.31 bits per heavy atom. The second-order valence-corrected chi connectivity index (χ2v) is 5.60. The number of anilines is 2. The summed E-state index contributed by atoms with van der Waals surface area (Å²) in [6, 6.07) is 6.84. The SMILES string of the molecule is C[C@@H](OC(=O)c1cc([N+](=O)[O-])ccc1N)C(=O)Nc1ccc(F)c(Cl)c1. The zero-order chi connectivity index (χ0) is 19.4. The third-order valence-electron chi connectivity index (χ3n) is 3.31. The van der Waals surface area contributed by atoms with Crippen LogP contribution < -0.4 is 11.1 Å². The van der Waals surface area contributed by atoms with Gasteiger partial charge in [-0.05, 0) is 31.2 Å². The standard InChI is InChI=1S/C16H13ClFN3O5/c1-8(15(22)20-9-2-4-13(18)12(17)6-9)26-16(23)11-7-10(21(24)25)3-5-14(11)19/h2-8H,19H2,1H3,(H,20,22)/t8-/m1/s1. The molecule has 0 aliphatic carbocycles. The van der Waals surface area contributed by atoms with Crippen LogP contribution in [0.4, 0.5) is 21.5 Å². The van der Waals surface area contributed by atoms with Crippen molar-refractivity contribution >= 4 is 40.5 Å². The van der Waals surface area contributed by atoms with E-state index in [2.05, 4.69) is 5.32 Å². The molecule has 0 aliphatic heterocycles. The van der Waals surface area contributed by atoms with E-state index in [0.717, 1.165) is 18.2 Å². The summed E-state index contributed by atoms with van der Waals surface area (Å²) < 4.78 is 18.1. The number of nitrogens with two attached hydrogens (primary N) is 1. The number of nitro benzene ring substituents is 1. The summed E-state index contributed by atoms with van der Waals surface area (Å²) in [4.78, 5) is 34.3. The maximum atomic E-state index is 13.1. The molecule has 2 aromatic rings. The van der Waals surface area contributed by atoms with E-state index in [1.807, 2.05) is 0 Å². The van der Waals surface area contributed by atoms with Crippen LogP contribution in [-0.4, -0.2) is 22.9 Å². The summed E-state index contributed by atoms with van der Waals surface area (Å²) in [5.41, 5.74) is 5.22. The minimum absolute atomic E-state index is 0.0291. The van der Waals surface area contributed by atoms with Crippen LogP contribution in [0.25, 0.3) is 0 Å². The van der Waals surface area contributed by atoms with Crippen LogP contribution in [0.2, 0.25) is 5.02 Å². The maximum absolute atomic E-state index is 13.1. The molecule has 0 saturated carbocycles. The van der Waals surface area contributed by atoms with Gasteiger partial charge in [0.15, 0.2) is 6.10 Å². The molecule has 0 aromatic heterocycles. The van der Waals surface area contributed by atoms with Crippen LogP contribution in [0.1, 0.15) is 17.3 Å². The van der Waals surface area contributed by atoms with Crippen molar-refractivity contribution in [2.24, 2.45) is 0 Å². The summed E-state index contributed by atoms with van der Waals surface area (Å²) in [7, 11) is 0. The molecule has 1 atom stereocenters. The van der Waals surface area contributed by atoms with Crippen molar-refractivity contribution in [1.82, 2.24) is 0 Å². The number of halogens is 2. The van der Waals surface area contributed by atoms with Gasteiger partial charge in [-0.15, -0.1) is 0 Å². The van der Waals surface area contributed by atoms with Gasteiger partial charge in [-0.1, -0.05) is 11.6 Å². The van der Waals surface area contributed by atoms with E-state index in [9.17, 15) is 24.1 Å². The lowest BCUT2D eigenvalue weighted by molar-refractivity contribution is -0.384. The number of nitrogen functional groups attached to an aromatic ring is 1. The summed E-state index contributed by atoms with van der Waals surface area (Å²) in [6.45, 7) is 1.30. The van der Waals surface area contributed by atoms with Crippen LogP contribution in [-0.2, 0) is 9.53 Å². The third kappa shape index (κ3) is 4.45. The molecule has 0 radical (unpaired) electrons. The average Bonchev–Trinajstić information content (AvgIpc) is 2.58. The van der Waals surface area contributed by atoms with Gasteiger partial charge in [-0.25, -0.2) is 9.18 Å². The monoisotopic (exact) mass is 381 g/mol. The molecule has 0 spiro atoms. The zero-order valence-corrected chi connectivity index (χ0v) is 14.1. The van der Waals surface area contributed by atoms with Gasteiger partial charge in [0.2, 0.25) is 0 Å². The maximum Gasteiger partial charge on any atom is 0.341 e. The van der Waals surface area contributed by atoms with Gasteiger partial charge in [-0.2, -0.15) is 0 Å². The van der Waals surface area contributed by atoms with Crippen molar-refractivity contribution in [3.8, 4) is 0 Å². The molecule has 8 nitrogen and oxygen atoms in total. The van der Waals surface area contributed by atoms with E-state index in [-0.39, 0.29) is 27.6 Å². The largest absolute Gasteiger partial charge is 0.449 e. The highest BCUT2D eigenvalue weighted by molar-refractivity contribution is 6.31. The van der Waals surface area contributed by atoms with Crippen LogP contribution in [0, 0.1) is 15.9 Å². The molecule has 0 unspecified atom stereocenters. The first kappa shape index (κ1) is 19.1. The zero-order valence-electron chi connectivity index (χ0n) is 13.4.